The van der Waals surface area contributed by atoms with Crippen LogP contribution in [0.4, 0.5) is 5.69 Å². The summed E-state index contributed by atoms with van der Waals surface area (Å²) in [5.41, 5.74) is 0.256. The van der Waals surface area contributed by atoms with Gasteiger partial charge in [0, 0.05) is 12.1 Å². The van der Waals surface area contributed by atoms with Gasteiger partial charge >= 0.3 is 5.97 Å². The van der Waals surface area contributed by atoms with E-state index in [0.717, 1.165) is 0 Å². The molecule has 0 fully saturated rings. The number of nitro benzene ring substituents is 1. The summed E-state index contributed by atoms with van der Waals surface area (Å²) in [7, 11) is 0. The van der Waals surface area contributed by atoms with Crippen molar-refractivity contribution in [1.82, 2.24) is 15.0 Å². The number of carbonyl (C=O) groups is 1. The standard InChI is InChI=1S/C9H6N4O4/c14-9(15)8-5-12(11-10-8)6-1-3-7(4-2-6)13(16)17/h1-5H,(H,14,15). The number of benzene rings is 1. The second kappa shape index (κ2) is 4.00. The van der Waals surface area contributed by atoms with Gasteiger partial charge in [-0.25, -0.2) is 9.48 Å². The van der Waals surface area contributed by atoms with Crippen molar-refractivity contribution in [2.45, 2.75) is 0 Å². The van der Waals surface area contributed by atoms with Crippen LogP contribution in [-0.4, -0.2) is 31.0 Å². The molecule has 86 valence electrons. The van der Waals surface area contributed by atoms with Gasteiger partial charge in [-0.2, -0.15) is 0 Å². The van der Waals surface area contributed by atoms with Gasteiger partial charge in [0.25, 0.3) is 5.69 Å². The number of nitrogens with zero attached hydrogens (tertiary/aromatic N) is 4. The molecule has 0 bridgehead atoms. The van der Waals surface area contributed by atoms with Crippen LogP contribution in [0, 0.1) is 10.1 Å². The molecule has 0 aliphatic heterocycles. The zero-order chi connectivity index (χ0) is 12.4. The van der Waals surface area contributed by atoms with Crippen LogP contribution in [0.2, 0.25) is 0 Å². The fourth-order valence-corrected chi connectivity index (χ4v) is 1.22. The highest BCUT2D eigenvalue weighted by atomic mass is 16.6. The quantitative estimate of drug-likeness (QED) is 0.623. The van der Waals surface area contributed by atoms with Gasteiger partial charge in [0.15, 0.2) is 5.69 Å². The van der Waals surface area contributed by atoms with Crippen molar-refractivity contribution in [3.8, 4) is 5.69 Å². The van der Waals surface area contributed by atoms with Crippen LogP contribution < -0.4 is 0 Å². The van der Waals surface area contributed by atoms with E-state index < -0.39 is 10.9 Å². The highest BCUT2D eigenvalue weighted by Crippen LogP contribution is 2.14. The Kier molecular flexibility index (Phi) is 2.53. The van der Waals surface area contributed by atoms with Crippen LogP contribution in [0.15, 0.2) is 30.5 Å². The summed E-state index contributed by atoms with van der Waals surface area (Å²) in [6, 6.07) is 5.52. The summed E-state index contributed by atoms with van der Waals surface area (Å²) in [5.74, 6) is -1.18. The molecule has 0 saturated carbocycles. The maximum atomic E-state index is 10.6. The zero-order valence-corrected chi connectivity index (χ0v) is 8.35. The number of aromatic nitrogens is 3. The third kappa shape index (κ3) is 2.09. The number of non-ortho nitro benzene ring substituents is 1. The molecule has 0 saturated heterocycles. The number of hydrogen-bond donors (Lipinski definition) is 1. The van der Waals surface area contributed by atoms with E-state index in [9.17, 15) is 14.9 Å². The Balaban J connectivity index is 2.33. The smallest absolute Gasteiger partial charge is 0.358 e. The van der Waals surface area contributed by atoms with E-state index in [-0.39, 0.29) is 11.4 Å². The summed E-state index contributed by atoms with van der Waals surface area (Å²) in [6.07, 6.45) is 1.23. The first kappa shape index (κ1) is 10.7. The molecule has 0 spiro atoms. The summed E-state index contributed by atoms with van der Waals surface area (Å²) < 4.78 is 1.23. The van der Waals surface area contributed by atoms with Crippen molar-refractivity contribution in [2.75, 3.05) is 0 Å². The minimum atomic E-state index is -1.18. The van der Waals surface area contributed by atoms with E-state index >= 15 is 0 Å². The molecule has 1 N–H and O–H groups in total. The van der Waals surface area contributed by atoms with Crippen molar-refractivity contribution < 1.29 is 14.8 Å². The highest BCUT2D eigenvalue weighted by molar-refractivity contribution is 5.84. The lowest BCUT2D eigenvalue weighted by atomic mass is 10.3. The summed E-state index contributed by atoms with van der Waals surface area (Å²) in [5, 5.41) is 26.1. The minimum Gasteiger partial charge on any atom is -0.476 e. The molecule has 8 heteroatoms. The number of carboxylic acids is 1. The Morgan fingerprint density at radius 2 is 2.00 bits per heavy atom. The molecule has 17 heavy (non-hydrogen) atoms. The molecule has 0 aliphatic rings. The maximum absolute atomic E-state index is 10.6. The third-order valence-electron chi connectivity index (χ3n) is 2.04. The topological polar surface area (TPSA) is 111 Å². The summed E-state index contributed by atoms with van der Waals surface area (Å²) in [4.78, 5) is 20.5. The molecule has 0 atom stereocenters. The van der Waals surface area contributed by atoms with Crippen LogP contribution in [0.1, 0.15) is 10.5 Å². The Hall–Kier alpha value is -2.77. The van der Waals surface area contributed by atoms with Gasteiger partial charge in [0.1, 0.15) is 0 Å². The predicted molar refractivity (Wildman–Crippen MR) is 55.0 cm³/mol. The third-order valence-corrected chi connectivity index (χ3v) is 2.04. The Bertz CT molecular complexity index is 575. The number of nitro groups is 1. The molecule has 1 aromatic carbocycles. The molecular weight excluding hydrogens is 228 g/mol. The average Bonchev–Trinajstić information content (AvgIpc) is 2.78. The van der Waals surface area contributed by atoms with Gasteiger partial charge in [-0.3, -0.25) is 10.1 Å². The lowest BCUT2D eigenvalue weighted by Crippen LogP contribution is -1.96. The first-order valence-electron chi connectivity index (χ1n) is 4.48. The van der Waals surface area contributed by atoms with Crippen LogP contribution in [0.3, 0.4) is 0 Å². The van der Waals surface area contributed by atoms with Gasteiger partial charge in [-0.1, -0.05) is 5.21 Å². The SMILES string of the molecule is O=C(O)c1cn(-c2ccc([N+](=O)[O-])cc2)nn1. The van der Waals surface area contributed by atoms with Crippen molar-refractivity contribution in [3.05, 3.63) is 46.3 Å². The predicted octanol–water partition coefficient (Wildman–Crippen LogP) is 0.874. The van der Waals surface area contributed by atoms with Crippen LogP contribution in [0.25, 0.3) is 5.69 Å². The monoisotopic (exact) mass is 234 g/mol. The van der Waals surface area contributed by atoms with Gasteiger partial charge < -0.3 is 5.11 Å². The minimum absolute atomic E-state index is 0.0488. The molecule has 0 aliphatic carbocycles. The number of rotatable bonds is 3. The largest absolute Gasteiger partial charge is 0.476 e. The lowest BCUT2D eigenvalue weighted by molar-refractivity contribution is -0.384. The normalized spacial score (nSPS) is 10.1. The van der Waals surface area contributed by atoms with E-state index in [2.05, 4.69) is 10.3 Å². The van der Waals surface area contributed by atoms with Gasteiger partial charge in [-0.05, 0) is 12.1 Å². The second-order valence-corrected chi connectivity index (χ2v) is 3.13. The number of aromatic carboxylic acids is 1. The lowest BCUT2D eigenvalue weighted by Gasteiger charge is -1.98. The van der Waals surface area contributed by atoms with Crippen molar-refractivity contribution >= 4 is 11.7 Å². The van der Waals surface area contributed by atoms with Crippen LogP contribution in [0.5, 0.6) is 0 Å². The Labute approximate surface area is 94.3 Å². The summed E-state index contributed by atoms with van der Waals surface area (Å²) >= 11 is 0. The van der Waals surface area contributed by atoms with E-state index in [0.29, 0.717) is 5.69 Å². The fourth-order valence-electron chi connectivity index (χ4n) is 1.22. The van der Waals surface area contributed by atoms with Gasteiger partial charge in [0.05, 0.1) is 16.8 Å². The zero-order valence-electron chi connectivity index (χ0n) is 8.35. The first-order chi connectivity index (χ1) is 8.08. The molecule has 8 nitrogen and oxygen atoms in total. The Morgan fingerprint density at radius 3 is 2.47 bits per heavy atom. The van der Waals surface area contributed by atoms with Gasteiger partial charge in [0.2, 0.25) is 0 Å². The van der Waals surface area contributed by atoms with Crippen molar-refractivity contribution in [2.24, 2.45) is 0 Å². The fraction of sp³-hybridized carbons (Fsp3) is 0. The molecule has 0 unspecified atom stereocenters. The maximum Gasteiger partial charge on any atom is 0.358 e. The Morgan fingerprint density at radius 1 is 1.35 bits per heavy atom. The molecule has 0 radical (unpaired) electrons. The molecule has 0 amide bonds. The van der Waals surface area contributed by atoms with E-state index in [1.54, 1.807) is 0 Å². The molecule has 1 heterocycles. The van der Waals surface area contributed by atoms with Crippen LogP contribution >= 0.6 is 0 Å². The molecule has 1 aromatic heterocycles. The van der Waals surface area contributed by atoms with E-state index in [4.69, 9.17) is 5.11 Å². The first-order valence-corrected chi connectivity index (χ1v) is 4.48. The number of hydrogen-bond acceptors (Lipinski definition) is 5. The van der Waals surface area contributed by atoms with Crippen molar-refractivity contribution in [3.63, 3.8) is 0 Å². The average molecular weight is 234 g/mol. The molecule has 2 aromatic rings. The summed E-state index contributed by atoms with van der Waals surface area (Å²) in [6.45, 7) is 0. The molecule has 2 rings (SSSR count). The second-order valence-electron chi connectivity index (χ2n) is 3.13. The van der Waals surface area contributed by atoms with E-state index in [1.807, 2.05) is 0 Å². The van der Waals surface area contributed by atoms with Crippen LogP contribution in [-0.2, 0) is 0 Å². The van der Waals surface area contributed by atoms with Gasteiger partial charge in [-0.15, -0.1) is 5.10 Å². The van der Waals surface area contributed by atoms with E-state index in [1.165, 1.54) is 35.1 Å². The van der Waals surface area contributed by atoms with Crippen molar-refractivity contribution in [1.29, 1.82) is 0 Å². The number of carboxylic acid groups (broad SMARTS) is 1. The molecular formula is C9H6N4O4. The highest BCUT2D eigenvalue weighted by Gasteiger charge is 2.10.